The molecule has 0 atom stereocenters. The fraction of sp³-hybridized carbons (Fsp3) is 0.222. The minimum absolute atomic E-state index is 0.192. The molecule has 16 heavy (non-hydrogen) atoms. The molecule has 0 saturated heterocycles. The third kappa shape index (κ3) is 4.13. The lowest BCUT2D eigenvalue weighted by Gasteiger charge is -1.99. The van der Waals surface area contributed by atoms with E-state index in [-0.39, 0.29) is 17.4 Å². The summed E-state index contributed by atoms with van der Waals surface area (Å²) in [6.45, 7) is -0.352. The fourth-order valence-electron chi connectivity index (χ4n) is 0.788. The Morgan fingerprint density at radius 1 is 1.38 bits per heavy atom. The second-order valence-corrected chi connectivity index (χ2v) is 4.50. The molecular weight excluding hydrogens is 250 g/mol. The predicted molar refractivity (Wildman–Crippen MR) is 61.3 cm³/mol. The molecule has 2 N–H and O–H groups in total. The third-order valence-electron chi connectivity index (χ3n) is 1.44. The molecule has 1 heterocycles. The molecule has 0 aromatic carbocycles. The standard InChI is InChI=1S/C9H9NO4S2/c10-4-7(11)14-8(12)5-16-9(13)6-2-1-3-15-6/h1-3H,4-5,10H2. The average molecular weight is 259 g/mol. The molecule has 0 radical (unpaired) electrons. The van der Waals surface area contributed by atoms with Gasteiger partial charge in [-0.25, -0.2) is 0 Å². The predicted octanol–water partition coefficient (Wildman–Crippen LogP) is 0.650. The molecule has 0 amide bonds. The third-order valence-corrected chi connectivity index (χ3v) is 3.30. The zero-order valence-electron chi connectivity index (χ0n) is 8.17. The van der Waals surface area contributed by atoms with Crippen LogP contribution in [0.3, 0.4) is 0 Å². The highest BCUT2D eigenvalue weighted by atomic mass is 32.2. The number of esters is 2. The van der Waals surface area contributed by atoms with Crippen LogP contribution in [-0.2, 0) is 14.3 Å². The van der Waals surface area contributed by atoms with E-state index in [2.05, 4.69) is 4.74 Å². The zero-order chi connectivity index (χ0) is 12.0. The Labute approximate surface area is 100.0 Å². The van der Waals surface area contributed by atoms with Crippen LogP contribution in [-0.4, -0.2) is 29.4 Å². The summed E-state index contributed by atoms with van der Waals surface area (Å²) in [4.78, 5) is 33.6. The van der Waals surface area contributed by atoms with E-state index < -0.39 is 11.9 Å². The van der Waals surface area contributed by atoms with Gasteiger partial charge in [-0.2, -0.15) is 0 Å². The minimum atomic E-state index is -0.797. The van der Waals surface area contributed by atoms with Gasteiger partial charge in [0.15, 0.2) is 0 Å². The molecular formula is C9H9NO4S2. The number of ether oxygens (including phenoxy) is 1. The van der Waals surface area contributed by atoms with Gasteiger partial charge in [0.25, 0.3) is 0 Å². The normalized spacial score (nSPS) is 9.81. The van der Waals surface area contributed by atoms with Crippen molar-refractivity contribution in [1.82, 2.24) is 0 Å². The van der Waals surface area contributed by atoms with Crippen molar-refractivity contribution in [2.75, 3.05) is 12.3 Å². The van der Waals surface area contributed by atoms with Crippen LogP contribution in [0.15, 0.2) is 17.5 Å². The summed E-state index contributed by atoms with van der Waals surface area (Å²) in [5, 5.41) is 1.55. The minimum Gasteiger partial charge on any atom is -0.392 e. The van der Waals surface area contributed by atoms with Crippen molar-refractivity contribution in [3.05, 3.63) is 22.4 Å². The number of thioether (sulfide) groups is 1. The van der Waals surface area contributed by atoms with E-state index >= 15 is 0 Å². The molecule has 0 spiro atoms. The van der Waals surface area contributed by atoms with Crippen LogP contribution < -0.4 is 5.73 Å². The lowest BCUT2D eigenvalue weighted by Crippen LogP contribution is -2.22. The first kappa shape index (κ1) is 12.9. The highest BCUT2D eigenvalue weighted by Crippen LogP contribution is 2.17. The Hall–Kier alpha value is -1.18. The summed E-state index contributed by atoms with van der Waals surface area (Å²) >= 11 is 2.09. The Kier molecular flexibility index (Phi) is 5.17. The van der Waals surface area contributed by atoms with E-state index in [1.165, 1.54) is 11.3 Å². The van der Waals surface area contributed by atoms with E-state index in [9.17, 15) is 14.4 Å². The Morgan fingerprint density at radius 3 is 2.69 bits per heavy atom. The largest absolute Gasteiger partial charge is 0.392 e. The van der Waals surface area contributed by atoms with Crippen molar-refractivity contribution in [1.29, 1.82) is 0 Å². The number of carbonyl (C=O) groups is 3. The van der Waals surface area contributed by atoms with Crippen LogP contribution in [0.25, 0.3) is 0 Å². The second kappa shape index (κ2) is 6.41. The fourth-order valence-corrected chi connectivity index (χ4v) is 2.18. The van der Waals surface area contributed by atoms with Crippen molar-refractivity contribution >= 4 is 40.2 Å². The van der Waals surface area contributed by atoms with E-state index in [0.29, 0.717) is 4.88 Å². The van der Waals surface area contributed by atoms with Crippen molar-refractivity contribution in [2.45, 2.75) is 0 Å². The van der Waals surface area contributed by atoms with Gasteiger partial charge in [-0.05, 0) is 11.4 Å². The molecule has 5 nitrogen and oxygen atoms in total. The van der Waals surface area contributed by atoms with Crippen LogP contribution in [0.2, 0.25) is 0 Å². The average Bonchev–Trinajstić information content (AvgIpc) is 2.79. The smallest absolute Gasteiger partial charge is 0.327 e. The quantitative estimate of drug-likeness (QED) is 0.631. The maximum absolute atomic E-state index is 11.4. The van der Waals surface area contributed by atoms with Crippen molar-refractivity contribution in [3.63, 3.8) is 0 Å². The van der Waals surface area contributed by atoms with Gasteiger partial charge in [0.1, 0.15) is 0 Å². The summed E-state index contributed by atoms with van der Waals surface area (Å²) in [6.07, 6.45) is 0. The van der Waals surface area contributed by atoms with E-state index in [1.807, 2.05) is 0 Å². The summed E-state index contributed by atoms with van der Waals surface area (Å²) in [7, 11) is 0. The van der Waals surface area contributed by atoms with Crippen LogP contribution in [0, 0.1) is 0 Å². The summed E-state index contributed by atoms with van der Waals surface area (Å²) < 4.78 is 4.29. The number of rotatable bonds is 4. The van der Waals surface area contributed by atoms with Gasteiger partial charge in [0.05, 0.1) is 17.2 Å². The highest BCUT2D eigenvalue weighted by Gasteiger charge is 2.13. The van der Waals surface area contributed by atoms with Gasteiger partial charge in [0, 0.05) is 0 Å². The first-order valence-electron chi connectivity index (χ1n) is 4.27. The van der Waals surface area contributed by atoms with Gasteiger partial charge in [-0.15, -0.1) is 11.3 Å². The van der Waals surface area contributed by atoms with Crippen LogP contribution in [0.4, 0.5) is 0 Å². The summed E-state index contributed by atoms with van der Waals surface area (Å²) in [5.74, 6) is -1.75. The number of nitrogens with two attached hydrogens (primary N) is 1. The number of thiophene rings is 1. The molecule has 0 bridgehead atoms. The first-order valence-corrected chi connectivity index (χ1v) is 6.14. The Balaban J connectivity index is 2.32. The van der Waals surface area contributed by atoms with E-state index in [0.717, 1.165) is 11.8 Å². The topological polar surface area (TPSA) is 86.5 Å². The lowest BCUT2D eigenvalue weighted by atomic mass is 10.5. The van der Waals surface area contributed by atoms with Gasteiger partial charge >= 0.3 is 11.9 Å². The zero-order valence-corrected chi connectivity index (χ0v) is 9.81. The number of hydrogen-bond donors (Lipinski definition) is 1. The molecule has 0 aliphatic carbocycles. The maximum Gasteiger partial charge on any atom is 0.327 e. The second-order valence-electron chi connectivity index (χ2n) is 2.60. The molecule has 86 valence electrons. The molecule has 0 saturated carbocycles. The highest BCUT2D eigenvalue weighted by molar-refractivity contribution is 8.14. The number of carbonyl (C=O) groups excluding carboxylic acids is 3. The van der Waals surface area contributed by atoms with Gasteiger partial charge in [0.2, 0.25) is 5.12 Å². The van der Waals surface area contributed by atoms with Gasteiger partial charge < -0.3 is 10.5 Å². The monoisotopic (exact) mass is 259 g/mol. The van der Waals surface area contributed by atoms with Crippen LogP contribution in [0.1, 0.15) is 9.67 Å². The van der Waals surface area contributed by atoms with E-state index in [4.69, 9.17) is 5.73 Å². The van der Waals surface area contributed by atoms with Crippen LogP contribution >= 0.6 is 23.1 Å². The first-order chi connectivity index (χ1) is 7.63. The van der Waals surface area contributed by atoms with Crippen molar-refractivity contribution in [3.8, 4) is 0 Å². The van der Waals surface area contributed by atoms with Crippen molar-refractivity contribution in [2.24, 2.45) is 5.73 Å². The molecule has 0 unspecified atom stereocenters. The molecule has 0 aliphatic heterocycles. The van der Waals surface area contributed by atoms with Gasteiger partial charge in [-0.1, -0.05) is 17.8 Å². The Morgan fingerprint density at radius 2 is 2.12 bits per heavy atom. The SMILES string of the molecule is NCC(=O)OC(=O)CSC(=O)c1cccs1. The summed E-state index contributed by atoms with van der Waals surface area (Å²) in [6, 6.07) is 3.41. The molecule has 1 rings (SSSR count). The number of hydrogen-bond acceptors (Lipinski definition) is 7. The van der Waals surface area contributed by atoms with Crippen LogP contribution in [0.5, 0.6) is 0 Å². The molecule has 0 aliphatic rings. The summed E-state index contributed by atoms with van der Waals surface area (Å²) in [5.41, 5.74) is 4.95. The maximum atomic E-state index is 11.4. The molecule has 7 heteroatoms. The van der Waals surface area contributed by atoms with Gasteiger partial charge in [-0.3, -0.25) is 14.4 Å². The lowest BCUT2D eigenvalue weighted by molar-refractivity contribution is -0.156. The van der Waals surface area contributed by atoms with Crippen molar-refractivity contribution < 1.29 is 19.1 Å². The Bertz CT molecular complexity index is 388. The molecule has 1 aromatic rings. The molecule has 1 aromatic heterocycles. The van der Waals surface area contributed by atoms with E-state index in [1.54, 1.807) is 17.5 Å². The molecule has 0 fully saturated rings.